The number of aromatic nitrogens is 8. The van der Waals surface area contributed by atoms with E-state index < -0.39 is 0 Å². The van der Waals surface area contributed by atoms with Crippen molar-refractivity contribution in [3.63, 3.8) is 0 Å². The highest BCUT2D eigenvalue weighted by molar-refractivity contribution is 6.07. The standard InChI is InChI=1S/C25H29N11O2/c1-5-17-12-35(8-9-38-17)21-11-20(26-13-27-21)23-18-10-16(6-7-19(18)29-30-23)28-24(37)22-14(2)34(4)25-31-32-33-36(25)15(22)3/h6-7,10-11,13,15,17H,5,8-9,12H2,1-4H3,(H,28,37)(H,29,30)/t15-,17+/m1/s1. The topological polar surface area (TPSA) is 143 Å². The van der Waals surface area contributed by atoms with E-state index in [9.17, 15) is 4.79 Å². The Morgan fingerprint density at radius 1 is 1.26 bits per heavy atom. The van der Waals surface area contributed by atoms with Crippen molar-refractivity contribution >= 4 is 34.3 Å². The van der Waals surface area contributed by atoms with E-state index in [4.69, 9.17) is 4.74 Å². The highest BCUT2D eigenvalue weighted by Gasteiger charge is 2.32. The lowest BCUT2D eigenvalue weighted by molar-refractivity contribution is -0.113. The molecule has 0 saturated carbocycles. The van der Waals surface area contributed by atoms with Crippen molar-refractivity contribution in [2.24, 2.45) is 0 Å². The average Bonchev–Trinajstić information content (AvgIpc) is 3.60. The number of amides is 1. The number of morpholine rings is 1. The second kappa shape index (κ2) is 9.49. The zero-order valence-corrected chi connectivity index (χ0v) is 21.7. The van der Waals surface area contributed by atoms with Crippen molar-refractivity contribution in [1.82, 2.24) is 40.4 Å². The number of hydrogen-bond donors (Lipinski definition) is 2. The number of fused-ring (bicyclic) bond motifs is 2. The van der Waals surface area contributed by atoms with Crippen LogP contribution in [0, 0.1) is 0 Å². The van der Waals surface area contributed by atoms with Crippen molar-refractivity contribution in [1.29, 1.82) is 0 Å². The number of benzene rings is 1. The van der Waals surface area contributed by atoms with Crippen LogP contribution in [0.2, 0.25) is 0 Å². The molecular formula is C25H29N11O2. The lowest BCUT2D eigenvalue weighted by Gasteiger charge is -2.33. The SMILES string of the molecule is CC[C@H]1CN(c2cc(-c3n[nH]c4ccc(NC(=O)C5=C(C)N(C)c6nnnn6[C@@H]5C)cc34)ncn2)CCO1. The number of nitrogens with one attached hydrogen (secondary N) is 2. The maximum Gasteiger partial charge on any atom is 0.255 e. The van der Waals surface area contributed by atoms with E-state index in [1.54, 1.807) is 11.0 Å². The number of anilines is 3. The molecule has 1 saturated heterocycles. The third-order valence-electron chi connectivity index (χ3n) is 7.33. The molecule has 13 nitrogen and oxygen atoms in total. The summed E-state index contributed by atoms with van der Waals surface area (Å²) in [5, 5.41) is 23.4. The monoisotopic (exact) mass is 515 g/mol. The zero-order valence-electron chi connectivity index (χ0n) is 21.7. The van der Waals surface area contributed by atoms with Gasteiger partial charge in [0, 0.05) is 43.0 Å². The molecule has 0 spiro atoms. The predicted octanol–water partition coefficient (Wildman–Crippen LogP) is 2.55. The number of aromatic amines is 1. The van der Waals surface area contributed by atoms with Crippen LogP contribution >= 0.6 is 0 Å². The maximum absolute atomic E-state index is 13.4. The molecule has 3 aromatic heterocycles. The average molecular weight is 516 g/mol. The minimum Gasteiger partial charge on any atom is -0.375 e. The molecule has 196 valence electrons. The lowest BCUT2D eigenvalue weighted by atomic mass is 10.0. The number of carbonyl (C=O) groups is 1. The minimum absolute atomic E-state index is 0.192. The third kappa shape index (κ3) is 4.04. The van der Waals surface area contributed by atoms with Gasteiger partial charge in [0.2, 0.25) is 5.95 Å². The van der Waals surface area contributed by atoms with Gasteiger partial charge < -0.3 is 19.9 Å². The first kappa shape index (κ1) is 24.0. The summed E-state index contributed by atoms with van der Waals surface area (Å²) in [6.45, 7) is 8.17. The molecule has 5 heterocycles. The smallest absolute Gasteiger partial charge is 0.255 e. The highest BCUT2D eigenvalue weighted by atomic mass is 16.5. The Labute approximate surface area is 218 Å². The Balaban J connectivity index is 1.28. The molecule has 0 bridgehead atoms. The van der Waals surface area contributed by atoms with Crippen molar-refractivity contribution in [2.75, 3.05) is 41.9 Å². The fourth-order valence-corrected chi connectivity index (χ4v) is 5.08. The van der Waals surface area contributed by atoms with E-state index >= 15 is 0 Å². The van der Waals surface area contributed by atoms with Gasteiger partial charge in [-0.1, -0.05) is 12.0 Å². The van der Waals surface area contributed by atoms with Crippen LogP contribution in [0.3, 0.4) is 0 Å². The zero-order chi connectivity index (χ0) is 26.4. The largest absolute Gasteiger partial charge is 0.375 e. The Morgan fingerprint density at radius 3 is 2.97 bits per heavy atom. The van der Waals surface area contributed by atoms with Crippen molar-refractivity contribution in [2.45, 2.75) is 39.3 Å². The van der Waals surface area contributed by atoms with Crippen LogP contribution < -0.4 is 15.1 Å². The van der Waals surface area contributed by atoms with Gasteiger partial charge >= 0.3 is 0 Å². The number of nitrogens with zero attached hydrogens (tertiary/aromatic N) is 9. The van der Waals surface area contributed by atoms with Gasteiger partial charge in [0.1, 0.15) is 17.8 Å². The molecule has 2 aliphatic heterocycles. The van der Waals surface area contributed by atoms with Crippen LogP contribution in [0.1, 0.15) is 33.2 Å². The molecule has 0 unspecified atom stereocenters. The second-order valence-electron chi connectivity index (χ2n) is 9.55. The fourth-order valence-electron chi connectivity index (χ4n) is 5.08. The second-order valence-corrected chi connectivity index (χ2v) is 9.55. The molecule has 1 fully saturated rings. The normalized spacial score (nSPS) is 19.7. The summed E-state index contributed by atoms with van der Waals surface area (Å²) in [5.74, 6) is 1.23. The van der Waals surface area contributed by atoms with E-state index in [1.807, 2.05) is 50.1 Å². The van der Waals surface area contributed by atoms with E-state index in [2.05, 4.69) is 52.8 Å². The van der Waals surface area contributed by atoms with Crippen molar-refractivity contribution in [3.05, 3.63) is 41.9 Å². The number of allylic oxidation sites excluding steroid dienone is 1. The minimum atomic E-state index is -0.309. The first-order valence-corrected chi connectivity index (χ1v) is 12.7. The van der Waals surface area contributed by atoms with Crippen LogP contribution in [0.4, 0.5) is 17.5 Å². The number of carbonyl (C=O) groups excluding carboxylic acids is 1. The molecule has 1 amide bonds. The summed E-state index contributed by atoms with van der Waals surface area (Å²) < 4.78 is 7.45. The summed E-state index contributed by atoms with van der Waals surface area (Å²) in [5.41, 5.74) is 4.28. The fraction of sp³-hybridized carbons (Fsp3) is 0.400. The van der Waals surface area contributed by atoms with Gasteiger partial charge in [-0.2, -0.15) is 5.10 Å². The first-order valence-electron chi connectivity index (χ1n) is 12.7. The Hall–Kier alpha value is -4.39. The molecule has 4 aromatic rings. The van der Waals surface area contributed by atoms with Gasteiger partial charge in [0.15, 0.2) is 0 Å². The number of tetrazole rings is 1. The number of H-pyrrole nitrogens is 1. The maximum atomic E-state index is 13.4. The number of rotatable bonds is 5. The van der Waals surface area contributed by atoms with Crippen LogP contribution in [0.15, 0.2) is 41.9 Å². The molecule has 2 N–H and O–H groups in total. The van der Waals surface area contributed by atoms with Crippen LogP contribution in [0.25, 0.3) is 22.3 Å². The number of ether oxygens (including phenoxy) is 1. The summed E-state index contributed by atoms with van der Waals surface area (Å²) in [6, 6.07) is 7.30. The van der Waals surface area contributed by atoms with E-state index in [0.717, 1.165) is 41.9 Å². The lowest BCUT2D eigenvalue weighted by Crippen LogP contribution is -2.42. The molecule has 2 atom stereocenters. The van der Waals surface area contributed by atoms with Gasteiger partial charge in [0.05, 0.1) is 35.5 Å². The summed E-state index contributed by atoms with van der Waals surface area (Å²) >= 11 is 0. The summed E-state index contributed by atoms with van der Waals surface area (Å²) in [6.07, 6.45) is 2.71. The molecule has 0 radical (unpaired) electrons. The molecule has 0 aliphatic carbocycles. The first-order chi connectivity index (χ1) is 18.4. The Kier molecular flexibility index (Phi) is 5.98. The molecule has 38 heavy (non-hydrogen) atoms. The molecule has 13 heteroatoms. The summed E-state index contributed by atoms with van der Waals surface area (Å²) in [4.78, 5) is 26.5. The molecule has 2 aliphatic rings. The predicted molar refractivity (Wildman–Crippen MR) is 142 cm³/mol. The van der Waals surface area contributed by atoms with Gasteiger partial charge in [-0.15, -0.1) is 0 Å². The Bertz CT molecular complexity index is 1540. The van der Waals surface area contributed by atoms with Gasteiger partial charge in [0.25, 0.3) is 5.91 Å². The molecule has 6 rings (SSSR count). The van der Waals surface area contributed by atoms with Crippen LogP contribution in [-0.2, 0) is 9.53 Å². The van der Waals surface area contributed by atoms with Crippen LogP contribution in [-0.4, -0.2) is 79.1 Å². The summed E-state index contributed by atoms with van der Waals surface area (Å²) in [7, 11) is 1.84. The van der Waals surface area contributed by atoms with Gasteiger partial charge in [-0.05, 0) is 48.9 Å². The van der Waals surface area contributed by atoms with Crippen molar-refractivity contribution in [3.8, 4) is 11.4 Å². The molecule has 1 aromatic carbocycles. The Morgan fingerprint density at radius 2 is 2.13 bits per heavy atom. The third-order valence-corrected chi connectivity index (χ3v) is 7.33. The van der Waals surface area contributed by atoms with Gasteiger partial charge in [-0.3, -0.25) is 9.89 Å². The van der Waals surface area contributed by atoms with Gasteiger partial charge in [-0.25, -0.2) is 14.6 Å². The highest BCUT2D eigenvalue weighted by Crippen LogP contribution is 2.33. The van der Waals surface area contributed by atoms with E-state index in [1.165, 1.54) is 0 Å². The van der Waals surface area contributed by atoms with E-state index in [0.29, 0.717) is 35.2 Å². The quantitative estimate of drug-likeness (QED) is 0.407. The van der Waals surface area contributed by atoms with Crippen molar-refractivity contribution < 1.29 is 9.53 Å². The molecular weight excluding hydrogens is 486 g/mol. The number of hydrogen-bond acceptors (Lipinski definition) is 10. The van der Waals surface area contributed by atoms with Crippen LogP contribution in [0.5, 0.6) is 0 Å². The van der Waals surface area contributed by atoms with E-state index in [-0.39, 0.29) is 18.1 Å².